The molecule has 32 heavy (non-hydrogen) atoms. The fourth-order valence-corrected chi connectivity index (χ4v) is 2.85. The highest BCUT2D eigenvalue weighted by Gasteiger charge is 2.40. The number of nitrogens with one attached hydrogen (secondary N) is 3. The molecular formula is C22H21N5O5. The number of barbiturate groups is 1. The zero-order valence-electron chi connectivity index (χ0n) is 17.4. The number of nitrogens with zero attached hydrogens (tertiary/aromatic N) is 2. The molecule has 10 heteroatoms. The largest absolute Gasteiger partial charge is 0.335 e. The normalized spacial score (nSPS) is 16.1. The number of hydrogen-bond donors (Lipinski definition) is 3. The van der Waals surface area contributed by atoms with Gasteiger partial charge in [-0.3, -0.25) is 24.5 Å². The average molecular weight is 435 g/mol. The molecule has 3 N–H and O–H groups in total. The van der Waals surface area contributed by atoms with Crippen molar-refractivity contribution in [3.63, 3.8) is 0 Å². The van der Waals surface area contributed by atoms with Crippen molar-refractivity contribution in [1.82, 2.24) is 10.7 Å². The first-order valence-corrected chi connectivity index (χ1v) is 9.79. The van der Waals surface area contributed by atoms with Gasteiger partial charge >= 0.3 is 6.03 Å². The lowest BCUT2D eigenvalue weighted by Gasteiger charge is -2.28. The van der Waals surface area contributed by atoms with Gasteiger partial charge in [0.15, 0.2) is 5.92 Å². The molecule has 0 radical (unpaired) electrons. The molecule has 1 aliphatic rings. The highest BCUT2D eigenvalue weighted by atomic mass is 16.2. The number of aryl methyl sites for hydroxylation is 1. The van der Waals surface area contributed by atoms with Crippen molar-refractivity contribution in [2.75, 3.05) is 10.2 Å². The summed E-state index contributed by atoms with van der Waals surface area (Å²) >= 11 is 0. The molecule has 0 bridgehead atoms. The standard InChI is InChI=1S/C22H21N5O5/c1-3-18(28)24-15-8-6-14(7-9-15)19(29)26-23-12-17-20(30)25-22(32)27(21(17)31)16-10-4-13(2)5-11-16/h4-12,17H,3H2,1-2H3,(H,24,28)(H,26,29)(H,25,30,32)/b23-12-/t17-/m0/s1. The van der Waals surface area contributed by atoms with Gasteiger partial charge in [-0.2, -0.15) is 5.10 Å². The van der Waals surface area contributed by atoms with Crippen molar-refractivity contribution in [2.24, 2.45) is 11.0 Å². The number of hydrogen-bond acceptors (Lipinski definition) is 6. The van der Waals surface area contributed by atoms with Gasteiger partial charge < -0.3 is 5.32 Å². The Hall–Kier alpha value is -4.34. The summed E-state index contributed by atoms with van der Waals surface area (Å²) in [4.78, 5) is 61.5. The number of hydrazone groups is 1. The number of anilines is 2. The Morgan fingerprint density at radius 1 is 1.06 bits per heavy atom. The predicted molar refractivity (Wildman–Crippen MR) is 117 cm³/mol. The Morgan fingerprint density at radius 3 is 2.34 bits per heavy atom. The predicted octanol–water partition coefficient (Wildman–Crippen LogP) is 1.96. The third-order valence-corrected chi connectivity index (χ3v) is 4.64. The maximum atomic E-state index is 12.7. The molecule has 0 spiro atoms. The maximum Gasteiger partial charge on any atom is 0.335 e. The molecule has 164 valence electrons. The Labute approximate surface area is 183 Å². The summed E-state index contributed by atoms with van der Waals surface area (Å²) in [6.45, 7) is 3.58. The number of benzene rings is 2. The summed E-state index contributed by atoms with van der Waals surface area (Å²) in [5.74, 6) is -3.74. The van der Waals surface area contributed by atoms with Gasteiger partial charge in [0.25, 0.3) is 11.8 Å². The van der Waals surface area contributed by atoms with Crippen LogP contribution in [0.4, 0.5) is 16.2 Å². The molecule has 0 aliphatic carbocycles. The first kappa shape index (κ1) is 22.3. The Balaban J connectivity index is 1.67. The van der Waals surface area contributed by atoms with Crippen LogP contribution in [-0.2, 0) is 14.4 Å². The molecule has 1 atom stereocenters. The lowest BCUT2D eigenvalue weighted by Crippen LogP contribution is -2.58. The minimum Gasteiger partial charge on any atom is -0.326 e. The van der Waals surface area contributed by atoms with Crippen molar-refractivity contribution in [1.29, 1.82) is 0 Å². The molecule has 2 aromatic carbocycles. The molecule has 1 fully saturated rings. The van der Waals surface area contributed by atoms with Crippen LogP contribution in [0.3, 0.4) is 0 Å². The van der Waals surface area contributed by atoms with Crippen molar-refractivity contribution in [2.45, 2.75) is 20.3 Å². The van der Waals surface area contributed by atoms with E-state index < -0.39 is 29.7 Å². The van der Waals surface area contributed by atoms with Crippen LogP contribution in [0.2, 0.25) is 0 Å². The minimum atomic E-state index is -1.39. The van der Waals surface area contributed by atoms with Crippen molar-refractivity contribution >= 4 is 47.2 Å². The quantitative estimate of drug-likeness (QED) is 0.362. The third kappa shape index (κ3) is 5.04. The lowest BCUT2D eigenvalue weighted by molar-refractivity contribution is -0.131. The minimum absolute atomic E-state index is 0.152. The first-order valence-electron chi connectivity index (χ1n) is 9.79. The van der Waals surface area contributed by atoms with Crippen LogP contribution < -0.4 is 21.0 Å². The second-order valence-corrected chi connectivity index (χ2v) is 6.98. The van der Waals surface area contributed by atoms with E-state index in [0.717, 1.165) is 16.7 Å². The highest BCUT2D eigenvalue weighted by molar-refractivity contribution is 6.32. The number of urea groups is 1. The van der Waals surface area contributed by atoms with E-state index >= 15 is 0 Å². The van der Waals surface area contributed by atoms with Gasteiger partial charge in [0.2, 0.25) is 11.8 Å². The highest BCUT2D eigenvalue weighted by Crippen LogP contribution is 2.20. The average Bonchev–Trinajstić information content (AvgIpc) is 2.77. The summed E-state index contributed by atoms with van der Waals surface area (Å²) in [5, 5.41) is 8.48. The molecule has 6 amide bonds. The van der Waals surface area contributed by atoms with Crippen molar-refractivity contribution < 1.29 is 24.0 Å². The van der Waals surface area contributed by atoms with Crippen LogP contribution in [0.1, 0.15) is 29.3 Å². The third-order valence-electron chi connectivity index (χ3n) is 4.64. The Kier molecular flexibility index (Phi) is 6.74. The van der Waals surface area contributed by atoms with Crippen LogP contribution in [0.25, 0.3) is 0 Å². The van der Waals surface area contributed by atoms with Gasteiger partial charge in [-0.15, -0.1) is 0 Å². The van der Waals surface area contributed by atoms with Gasteiger partial charge in [-0.05, 0) is 43.3 Å². The molecule has 0 saturated carbocycles. The van der Waals surface area contributed by atoms with Crippen LogP contribution in [0, 0.1) is 12.8 Å². The van der Waals surface area contributed by atoms with Crippen molar-refractivity contribution in [3.05, 3.63) is 59.7 Å². The van der Waals surface area contributed by atoms with E-state index in [9.17, 15) is 24.0 Å². The topological polar surface area (TPSA) is 137 Å². The maximum absolute atomic E-state index is 12.7. The number of carbonyl (C=O) groups excluding carboxylic acids is 5. The van der Waals surface area contributed by atoms with Crippen LogP contribution in [0.5, 0.6) is 0 Å². The van der Waals surface area contributed by atoms with E-state index in [4.69, 9.17) is 0 Å². The number of amides is 6. The SMILES string of the molecule is CCC(=O)Nc1ccc(C(=O)N/N=C\[C@H]2C(=O)NC(=O)N(c3ccc(C)cc3)C2=O)cc1. The number of rotatable bonds is 6. The van der Waals surface area contributed by atoms with Gasteiger partial charge in [0.1, 0.15) is 0 Å². The van der Waals surface area contributed by atoms with E-state index in [1.54, 1.807) is 43.3 Å². The summed E-state index contributed by atoms with van der Waals surface area (Å²) in [5.41, 5.74) is 4.29. The zero-order valence-corrected chi connectivity index (χ0v) is 17.4. The summed E-state index contributed by atoms with van der Waals surface area (Å²) in [6, 6.07) is 11.9. The van der Waals surface area contributed by atoms with Crippen LogP contribution in [0.15, 0.2) is 53.6 Å². The Bertz CT molecular complexity index is 1090. The molecule has 10 nitrogen and oxygen atoms in total. The van der Waals surface area contributed by atoms with Crippen molar-refractivity contribution in [3.8, 4) is 0 Å². The molecule has 1 saturated heterocycles. The van der Waals surface area contributed by atoms with Crippen LogP contribution in [-0.4, -0.2) is 35.9 Å². The van der Waals surface area contributed by atoms with Gasteiger partial charge in [0, 0.05) is 23.9 Å². The van der Waals surface area contributed by atoms with E-state index in [1.165, 1.54) is 12.1 Å². The second-order valence-electron chi connectivity index (χ2n) is 6.98. The van der Waals surface area contributed by atoms with Gasteiger partial charge in [-0.1, -0.05) is 24.6 Å². The summed E-state index contributed by atoms with van der Waals surface area (Å²) in [7, 11) is 0. The van der Waals surface area contributed by atoms with Crippen LogP contribution >= 0.6 is 0 Å². The molecule has 0 unspecified atom stereocenters. The van der Waals surface area contributed by atoms with E-state index in [1.807, 2.05) is 6.92 Å². The van der Waals surface area contributed by atoms with E-state index in [2.05, 4.69) is 21.2 Å². The summed E-state index contributed by atoms with van der Waals surface area (Å²) in [6.07, 6.45) is 1.30. The van der Waals surface area contributed by atoms with E-state index in [0.29, 0.717) is 17.8 Å². The monoisotopic (exact) mass is 435 g/mol. The fourth-order valence-electron chi connectivity index (χ4n) is 2.85. The second kappa shape index (κ2) is 9.65. The number of carbonyl (C=O) groups is 5. The molecule has 1 heterocycles. The number of imide groups is 2. The molecule has 0 aromatic heterocycles. The molecular weight excluding hydrogens is 414 g/mol. The van der Waals surface area contributed by atoms with E-state index in [-0.39, 0.29) is 11.5 Å². The Morgan fingerprint density at radius 2 is 1.72 bits per heavy atom. The fraction of sp³-hybridized carbons (Fsp3) is 0.182. The first-order chi connectivity index (χ1) is 15.3. The molecule has 1 aliphatic heterocycles. The zero-order chi connectivity index (χ0) is 23.3. The van der Waals surface area contributed by atoms with Gasteiger partial charge in [-0.25, -0.2) is 15.1 Å². The van der Waals surface area contributed by atoms with Gasteiger partial charge in [0.05, 0.1) is 5.69 Å². The molecule has 3 rings (SSSR count). The smallest absolute Gasteiger partial charge is 0.326 e. The summed E-state index contributed by atoms with van der Waals surface area (Å²) < 4.78 is 0. The lowest BCUT2D eigenvalue weighted by atomic mass is 10.1. The molecule has 2 aromatic rings.